The van der Waals surface area contributed by atoms with Crippen molar-refractivity contribution in [3.63, 3.8) is 0 Å². The third-order valence-electron chi connectivity index (χ3n) is 2.70. The summed E-state index contributed by atoms with van der Waals surface area (Å²) >= 11 is 10.6. The molecule has 8 heteroatoms. The average molecular weight is 410 g/mol. The van der Waals surface area contributed by atoms with Crippen molar-refractivity contribution in [1.82, 2.24) is 10.0 Å². The fraction of sp³-hybridized carbons (Fsp3) is 0.231. The maximum atomic E-state index is 12.3. The van der Waals surface area contributed by atoms with Crippen LogP contribution in [0.4, 0.5) is 0 Å². The van der Waals surface area contributed by atoms with Crippen molar-refractivity contribution in [2.75, 3.05) is 7.05 Å². The number of sulfonamides is 1. The van der Waals surface area contributed by atoms with Gasteiger partial charge >= 0.3 is 0 Å². The topological polar surface area (TPSA) is 58.2 Å². The molecule has 0 fully saturated rings. The number of halogens is 2. The zero-order valence-corrected chi connectivity index (χ0v) is 15.2. The van der Waals surface area contributed by atoms with Gasteiger partial charge < -0.3 is 5.32 Å². The first-order valence-corrected chi connectivity index (χ1v) is 9.56. The molecule has 0 unspecified atom stereocenters. The minimum Gasteiger partial charge on any atom is -0.315 e. The minimum atomic E-state index is -3.56. The lowest BCUT2D eigenvalue weighted by Crippen LogP contribution is -2.23. The molecule has 0 amide bonds. The van der Waals surface area contributed by atoms with Gasteiger partial charge in [-0.3, -0.25) is 0 Å². The highest BCUT2D eigenvalue weighted by Gasteiger charge is 2.20. The van der Waals surface area contributed by atoms with Crippen LogP contribution in [0.5, 0.6) is 0 Å². The first-order chi connectivity index (χ1) is 9.92. The number of hydrogen-bond acceptors (Lipinski definition) is 4. The summed E-state index contributed by atoms with van der Waals surface area (Å²) in [5, 5.41) is 3.58. The van der Waals surface area contributed by atoms with Gasteiger partial charge in [-0.1, -0.05) is 23.7 Å². The fourth-order valence-electron chi connectivity index (χ4n) is 1.75. The molecule has 2 rings (SSSR count). The molecule has 0 bridgehead atoms. The Balaban J connectivity index is 2.15. The van der Waals surface area contributed by atoms with Gasteiger partial charge in [0.15, 0.2) is 0 Å². The molecule has 0 saturated heterocycles. The molecule has 4 nitrogen and oxygen atoms in total. The number of nitrogens with one attached hydrogen (secondary N) is 2. The van der Waals surface area contributed by atoms with Crippen LogP contribution in [0.2, 0.25) is 5.02 Å². The molecule has 1 aromatic carbocycles. The summed E-state index contributed by atoms with van der Waals surface area (Å²) in [5.41, 5.74) is 0.813. The van der Waals surface area contributed by atoms with E-state index in [4.69, 9.17) is 11.6 Å². The van der Waals surface area contributed by atoms with Gasteiger partial charge in [-0.05, 0) is 46.7 Å². The Morgan fingerprint density at radius 1 is 1.29 bits per heavy atom. The van der Waals surface area contributed by atoms with Gasteiger partial charge in [0.25, 0.3) is 0 Å². The van der Waals surface area contributed by atoms with Gasteiger partial charge in [0.2, 0.25) is 10.0 Å². The van der Waals surface area contributed by atoms with E-state index in [2.05, 4.69) is 26.0 Å². The molecule has 0 spiro atoms. The Labute approximate surface area is 141 Å². The molecule has 1 heterocycles. The molecular weight excluding hydrogens is 396 g/mol. The Bertz CT molecular complexity index is 732. The van der Waals surface area contributed by atoms with E-state index in [-0.39, 0.29) is 11.4 Å². The summed E-state index contributed by atoms with van der Waals surface area (Å²) in [6, 6.07) is 8.77. The molecule has 0 radical (unpaired) electrons. The second-order valence-electron chi connectivity index (χ2n) is 4.34. The van der Waals surface area contributed by atoms with Crippen LogP contribution in [0.25, 0.3) is 0 Å². The Morgan fingerprint density at radius 2 is 2.05 bits per heavy atom. The van der Waals surface area contributed by atoms with Crippen molar-refractivity contribution >= 4 is 48.9 Å². The van der Waals surface area contributed by atoms with E-state index in [0.29, 0.717) is 15.4 Å². The van der Waals surface area contributed by atoms with Gasteiger partial charge in [-0.15, -0.1) is 11.3 Å². The normalized spacial score (nSPS) is 11.8. The van der Waals surface area contributed by atoms with Crippen molar-refractivity contribution in [1.29, 1.82) is 0 Å². The first-order valence-electron chi connectivity index (χ1n) is 6.09. The molecule has 2 N–H and O–H groups in total. The van der Waals surface area contributed by atoms with Crippen molar-refractivity contribution in [3.05, 3.63) is 49.6 Å². The standard InChI is InChI=1S/C13H14BrClN2O2S2/c1-16-8-11-6-12(13(14)20-11)21(18,19)17-7-9-3-2-4-10(15)5-9/h2-6,16-17H,7-8H2,1H3. The van der Waals surface area contributed by atoms with Crippen LogP contribution in [0.15, 0.2) is 39.0 Å². The molecule has 0 saturated carbocycles. The van der Waals surface area contributed by atoms with Crippen LogP contribution in [0.1, 0.15) is 10.4 Å². The summed E-state index contributed by atoms with van der Waals surface area (Å²) in [5.74, 6) is 0. The lowest BCUT2D eigenvalue weighted by molar-refractivity contribution is 0.581. The van der Waals surface area contributed by atoms with E-state index >= 15 is 0 Å². The number of hydrogen-bond donors (Lipinski definition) is 2. The van der Waals surface area contributed by atoms with Gasteiger partial charge in [0, 0.05) is 23.0 Å². The largest absolute Gasteiger partial charge is 0.315 e. The van der Waals surface area contributed by atoms with E-state index in [1.54, 1.807) is 24.3 Å². The molecule has 0 atom stereocenters. The van der Waals surface area contributed by atoms with Gasteiger partial charge in [0.1, 0.15) is 4.90 Å². The maximum Gasteiger partial charge on any atom is 0.242 e. The first kappa shape index (κ1) is 16.9. The predicted molar refractivity (Wildman–Crippen MR) is 90.3 cm³/mol. The van der Waals surface area contributed by atoms with E-state index in [1.165, 1.54) is 11.3 Å². The minimum absolute atomic E-state index is 0.201. The van der Waals surface area contributed by atoms with E-state index in [1.807, 2.05) is 13.1 Å². The summed E-state index contributed by atoms with van der Waals surface area (Å²) < 4.78 is 27.9. The summed E-state index contributed by atoms with van der Waals surface area (Å²) in [7, 11) is -1.74. The van der Waals surface area contributed by atoms with Crippen LogP contribution in [0, 0.1) is 0 Å². The van der Waals surface area contributed by atoms with Crippen molar-refractivity contribution in [2.24, 2.45) is 0 Å². The number of rotatable bonds is 6. The molecule has 0 aliphatic heterocycles. The highest BCUT2D eigenvalue weighted by atomic mass is 79.9. The fourth-order valence-corrected chi connectivity index (χ4v) is 5.67. The Hall–Kier alpha value is -0.440. The lowest BCUT2D eigenvalue weighted by atomic mass is 10.2. The van der Waals surface area contributed by atoms with E-state index in [9.17, 15) is 8.42 Å². The molecule has 21 heavy (non-hydrogen) atoms. The monoisotopic (exact) mass is 408 g/mol. The molecule has 2 aromatic rings. The molecule has 1 aromatic heterocycles. The number of benzene rings is 1. The SMILES string of the molecule is CNCc1cc(S(=O)(=O)NCc2cccc(Cl)c2)c(Br)s1. The predicted octanol–water partition coefficient (Wildman–Crippen LogP) is 3.36. The summed E-state index contributed by atoms with van der Waals surface area (Å²) in [4.78, 5) is 1.22. The number of thiophene rings is 1. The molecule has 0 aliphatic rings. The van der Waals surface area contributed by atoms with Crippen molar-refractivity contribution < 1.29 is 8.42 Å². The smallest absolute Gasteiger partial charge is 0.242 e. The third kappa shape index (κ3) is 4.51. The highest BCUT2D eigenvalue weighted by Crippen LogP contribution is 2.31. The Morgan fingerprint density at radius 3 is 2.71 bits per heavy atom. The quantitative estimate of drug-likeness (QED) is 0.769. The van der Waals surface area contributed by atoms with Crippen LogP contribution in [0.3, 0.4) is 0 Å². The Kier molecular flexibility index (Phi) is 5.81. The van der Waals surface area contributed by atoms with Crippen LogP contribution >= 0.6 is 38.9 Å². The van der Waals surface area contributed by atoms with E-state index in [0.717, 1.165) is 10.4 Å². The maximum absolute atomic E-state index is 12.3. The molecule has 114 valence electrons. The zero-order chi connectivity index (χ0) is 15.5. The van der Waals surface area contributed by atoms with Crippen LogP contribution in [-0.4, -0.2) is 15.5 Å². The van der Waals surface area contributed by atoms with Gasteiger partial charge in [-0.25, -0.2) is 13.1 Å². The highest BCUT2D eigenvalue weighted by molar-refractivity contribution is 9.11. The molecule has 0 aliphatic carbocycles. The lowest BCUT2D eigenvalue weighted by Gasteiger charge is -2.06. The van der Waals surface area contributed by atoms with Crippen molar-refractivity contribution in [2.45, 2.75) is 18.0 Å². The van der Waals surface area contributed by atoms with Crippen molar-refractivity contribution in [3.8, 4) is 0 Å². The average Bonchev–Trinajstić information content (AvgIpc) is 2.79. The summed E-state index contributed by atoms with van der Waals surface area (Å²) in [6.45, 7) is 0.833. The van der Waals surface area contributed by atoms with Gasteiger partial charge in [-0.2, -0.15) is 0 Å². The third-order valence-corrected chi connectivity index (χ3v) is 6.59. The second-order valence-corrected chi connectivity index (χ2v) is 8.96. The van der Waals surface area contributed by atoms with Crippen LogP contribution in [-0.2, 0) is 23.1 Å². The van der Waals surface area contributed by atoms with E-state index < -0.39 is 10.0 Å². The van der Waals surface area contributed by atoms with Gasteiger partial charge in [0.05, 0.1) is 3.79 Å². The zero-order valence-electron chi connectivity index (χ0n) is 11.2. The molecular formula is C13H14BrClN2O2S2. The second kappa shape index (κ2) is 7.21. The summed E-state index contributed by atoms with van der Waals surface area (Å²) in [6.07, 6.45) is 0. The van der Waals surface area contributed by atoms with Crippen LogP contribution < -0.4 is 10.0 Å².